The van der Waals surface area contributed by atoms with Gasteiger partial charge in [0, 0.05) is 5.56 Å². The zero-order chi connectivity index (χ0) is 17.6. The zero-order valence-electron chi connectivity index (χ0n) is 14.2. The number of carbonyl (C=O) groups is 1. The number of nitrogens with zero attached hydrogens (tertiary/aromatic N) is 2. The maximum atomic E-state index is 12.0. The van der Waals surface area contributed by atoms with Crippen molar-refractivity contribution in [2.24, 2.45) is 0 Å². The standard InChI is InChI=1S/C20H19N3O2/c1-14-8-9-15(2)18(10-14)25-13-19(24)23-17-11-21-20(22-12-17)16-6-4-3-5-7-16/h3-12H,13H2,1-2H3,(H,23,24). The number of ether oxygens (including phenoxy) is 1. The van der Waals surface area contributed by atoms with E-state index in [1.165, 1.54) is 0 Å². The van der Waals surface area contributed by atoms with Crippen LogP contribution in [-0.2, 0) is 4.79 Å². The molecule has 3 rings (SSSR count). The second kappa shape index (κ2) is 7.57. The molecule has 0 radical (unpaired) electrons. The molecule has 1 amide bonds. The van der Waals surface area contributed by atoms with Gasteiger partial charge in [-0.2, -0.15) is 0 Å². The lowest BCUT2D eigenvalue weighted by Gasteiger charge is -2.10. The summed E-state index contributed by atoms with van der Waals surface area (Å²) < 4.78 is 5.59. The molecule has 126 valence electrons. The van der Waals surface area contributed by atoms with E-state index >= 15 is 0 Å². The molecule has 1 heterocycles. The third-order valence-corrected chi connectivity index (χ3v) is 3.67. The van der Waals surface area contributed by atoms with E-state index in [1.807, 2.05) is 62.4 Å². The Hall–Kier alpha value is -3.21. The highest BCUT2D eigenvalue weighted by molar-refractivity contribution is 5.91. The van der Waals surface area contributed by atoms with Gasteiger partial charge in [0.05, 0.1) is 18.1 Å². The van der Waals surface area contributed by atoms with Crippen molar-refractivity contribution in [3.63, 3.8) is 0 Å². The molecule has 0 aliphatic carbocycles. The minimum absolute atomic E-state index is 0.0648. The molecule has 0 aliphatic rings. The molecule has 0 saturated heterocycles. The van der Waals surface area contributed by atoms with Gasteiger partial charge in [-0.15, -0.1) is 0 Å². The third kappa shape index (κ3) is 4.41. The van der Waals surface area contributed by atoms with Gasteiger partial charge in [0.1, 0.15) is 5.75 Å². The van der Waals surface area contributed by atoms with Crippen molar-refractivity contribution in [2.45, 2.75) is 13.8 Å². The van der Waals surface area contributed by atoms with Gasteiger partial charge in [0.25, 0.3) is 5.91 Å². The summed E-state index contributed by atoms with van der Waals surface area (Å²) in [6, 6.07) is 15.6. The van der Waals surface area contributed by atoms with Crippen molar-refractivity contribution >= 4 is 11.6 Å². The van der Waals surface area contributed by atoms with Gasteiger partial charge >= 0.3 is 0 Å². The predicted molar refractivity (Wildman–Crippen MR) is 97.5 cm³/mol. The van der Waals surface area contributed by atoms with Gasteiger partial charge in [-0.05, 0) is 31.0 Å². The van der Waals surface area contributed by atoms with Gasteiger partial charge in [0.2, 0.25) is 0 Å². The summed E-state index contributed by atoms with van der Waals surface area (Å²) >= 11 is 0. The number of aromatic nitrogens is 2. The van der Waals surface area contributed by atoms with Crippen molar-refractivity contribution in [1.29, 1.82) is 0 Å². The van der Waals surface area contributed by atoms with Crippen molar-refractivity contribution in [3.8, 4) is 17.1 Å². The molecule has 0 fully saturated rings. The Labute approximate surface area is 146 Å². The number of rotatable bonds is 5. The molecule has 0 saturated carbocycles. The fraction of sp³-hybridized carbons (Fsp3) is 0.150. The lowest BCUT2D eigenvalue weighted by atomic mass is 10.1. The second-order valence-electron chi connectivity index (χ2n) is 5.77. The van der Waals surface area contributed by atoms with Crippen LogP contribution in [0.2, 0.25) is 0 Å². The predicted octanol–water partition coefficient (Wildman–Crippen LogP) is 3.78. The number of anilines is 1. The number of benzene rings is 2. The number of amides is 1. The van der Waals surface area contributed by atoms with E-state index in [-0.39, 0.29) is 12.5 Å². The first kappa shape index (κ1) is 16.6. The molecule has 2 aromatic carbocycles. The van der Waals surface area contributed by atoms with Crippen LogP contribution in [0, 0.1) is 13.8 Å². The van der Waals surface area contributed by atoms with Gasteiger partial charge in [-0.1, -0.05) is 42.5 Å². The molecule has 5 nitrogen and oxygen atoms in total. The molecule has 0 atom stereocenters. The second-order valence-corrected chi connectivity index (χ2v) is 5.77. The van der Waals surface area contributed by atoms with Gasteiger partial charge < -0.3 is 10.1 Å². The molecular weight excluding hydrogens is 314 g/mol. The van der Waals surface area contributed by atoms with Crippen molar-refractivity contribution in [2.75, 3.05) is 11.9 Å². The SMILES string of the molecule is Cc1ccc(C)c(OCC(=O)Nc2cnc(-c3ccccc3)nc2)c1. The third-order valence-electron chi connectivity index (χ3n) is 3.67. The number of nitrogens with one attached hydrogen (secondary N) is 1. The molecule has 1 aromatic heterocycles. The molecule has 0 spiro atoms. The summed E-state index contributed by atoms with van der Waals surface area (Å²) in [6.45, 7) is 3.87. The zero-order valence-corrected chi connectivity index (χ0v) is 14.2. The topological polar surface area (TPSA) is 64.1 Å². The molecule has 0 unspecified atom stereocenters. The Kier molecular flexibility index (Phi) is 5.04. The summed E-state index contributed by atoms with van der Waals surface area (Å²) in [5.41, 5.74) is 3.55. The number of hydrogen-bond acceptors (Lipinski definition) is 4. The van der Waals surface area contributed by atoms with Crippen LogP contribution in [0.5, 0.6) is 5.75 Å². The van der Waals surface area contributed by atoms with E-state index in [4.69, 9.17) is 4.74 Å². The molecule has 25 heavy (non-hydrogen) atoms. The quantitative estimate of drug-likeness (QED) is 0.772. The van der Waals surface area contributed by atoms with Crippen molar-refractivity contribution in [3.05, 3.63) is 72.1 Å². The van der Waals surface area contributed by atoms with E-state index in [0.29, 0.717) is 17.3 Å². The summed E-state index contributed by atoms with van der Waals surface area (Å²) in [4.78, 5) is 20.6. The number of hydrogen-bond donors (Lipinski definition) is 1. The molecule has 5 heteroatoms. The smallest absolute Gasteiger partial charge is 0.262 e. The minimum atomic E-state index is -0.253. The van der Waals surface area contributed by atoms with Gasteiger partial charge in [-0.3, -0.25) is 4.79 Å². The molecule has 1 N–H and O–H groups in total. The maximum Gasteiger partial charge on any atom is 0.262 e. The van der Waals surface area contributed by atoms with E-state index in [2.05, 4.69) is 15.3 Å². The first-order valence-electron chi connectivity index (χ1n) is 7.99. The highest BCUT2D eigenvalue weighted by Crippen LogP contribution is 2.19. The van der Waals surface area contributed by atoms with Crippen LogP contribution in [0.3, 0.4) is 0 Å². The van der Waals surface area contributed by atoms with Crippen LogP contribution in [-0.4, -0.2) is 22.5 Å². The highest BCUT2D eigenvalue weighted by Gasteiger charge is 2.07. The average Bonchev–Trinajstić information content (AvgIpc) is 2.64. The lowest BCUT2D eigenvalue weighted by Crippen LogP contribution is -2.20. The number of carbonyl (C=O) groups excluding carboxylic acids is 1. The Morgan fingerprint density at radius 3 is 2.48 bits per heavy atom. The average molecular weight is 333 g/mol. The van der Waals surface area contributed by atoms with E-state index in [9.17, 15) is 4.79 Å². The Morgan fingerprint density at radius 2 is 1.76 bits per heavy atom. The summed E-state index contributed by atoms with van der Waals surface area (Å²) in [5.74, 6) is 1.08. The Bertz CT molecular complexity index is 862. The molecule has 3 aromatic rings. The Balaban J connectivity index is 1.59. The molecule has 0 bridgehead atoms. The summed E-state index contributed by atoms with van der Waals surface area (Å²) in [6.07, 6.45) is 3.18. The van der Waals surface area contributed by atoms with Crippen LogP contribution in [0.25, 0.3) is 11.4 Å². The van der Waals surface area contributed by atoms with Crippen molar-refractivity contribution in [1.82, 2.24) is 9.97 Å². The fourth-order valence-electron chi connectivity index (χ4n) is 2.33. The van der Waals surface area contributed by atoms with E-state index in [1.54, 1.807) is 12.4 Å². The van der Waals surface area contributed by atoms with Crippen LogP contribution in [0.1, 0.15) is 11.1 Å². The molecular formula is C20H19N3O2. The molecule has 0 aliphatic heterocycles. The van der Waals surface area contributed by atoms with Crippen LogP contribution < -0.4 is 10.1 Å². The van der Waals surface area contributed by atoms with Crippen LogP contribution in [0.4, 0.5) is 5.69 Å². The summed E-state index contributed by atoms with van der Waals surface area (Å²) in [5, 5.41) is 2.74. The minimum Gasteiger partial charge on any atom is -0.483 e. The summed E-state index contributed by atoms with van der Waals surface area (Å²) in [7, 11) is 0. The van der Waals surface area contributed by atoms with Crippen LogP contribution >= 0.6 is 0 Å². The van der Waals surface area contributed by atoms with Gasteiger partial charge in [0.15, 0.2) is 12.4 Å². The lowest BCUT2D eigenvalue weighted by molar-refractivity contribution is -0.118. The van der Waals surface area contributed by atoms with E-state index in [0.717, 1.165) is 16.7 Å². The first-order valence-corrected chi connectivity index (χ1v) is 7.99. The maximum absolute atomic E-state index is 12.0. The highest BCUT2D eigenvalue weighted by atomic mass is 16.5. The Morgan fingerprint density at radius 1 is 1.04 bits per heavy atom. The normalized spacial score (nSPS) is 10.3. The van der Waals surface area contributed by atoms with Crippen LogP contribution in [0.15, 0.2) is 60.9 Å². The number of aryl methyl sites for hydroxylation is 2. The van der Waals surface area contributed by atoms with E-state index < -0.39 is 0 Å². The van der Waals surface area contributed by atoms with Crippen molar-refractivity contribution < 1.29 is 9.53 Å². The van der Waals surface area contributed by atoms with Gasteiger partial charge in [-0.25, -0.2) is 9.97 Å². The largest absolute Gasteiger partial charge is 0.483 e. The first-order chi connectivity index (χ1) is 12.1. The monoisotopic (exact) mass is 333 g/mol. The fourth-order valence-corrected chi connectivity index (χ4v) is 2.33.